The lowest BCUT2D eigenvalue weighted by atomic mass is 9.96. The van der Waals surface area contributed by atoms with Crippen molar-refractivity contribution in [3.05, 3.63) is 65.5 Å². The molecule has 0 unspecified atom stereocenters. The van der Waals surface area contributed by atoms with Crippen molar-refractivity contribution in [3.8, 4) is 0 Å². The highest BCUT2D eigenvalue weighted by atomic mass is 32.2. The minimum atomic E-state index is -3.67. The first-order valence-electron chi connectivity index (χ1n) is 11.4. The summed E-state index contributed by atoms with van der Waals surface area (Å²) in [4.78, 5) is 15.4. The first-order valence-corrected chi connectivity index (χ1v) is 12.8. The van der Waals surface area contributed by atoms with Crippen LogP contribution in [-0.4, -0.2) is 42.7 Å². The fourth-order valence-electron chi connectivity index (χ4n) is 4.31. The summed E-state index contributed by atoms with van der Waals surface area (Å²) in [5.74, 6) is -0.0154. The molecule has 5 nitrogen and oxygen atoms in total. The summed E-state index contributed by atoms with van der Waals surface area (Å²) in [6.45, 7) is 5.54. The van der Waals surface area contributed by atoms with Crippen molar-refractivity contribution in [1.82, 2.24) is 9.21 Å². The number of hydrogen-bond donors (Lipinski definition) is 0. The Morgan fingerprint density at radius 3 is 2.12 bits per heavy atom. The number of carbonyl (C=O) groups excluding carboxylic acids is 1. The average Bonchev–Trinajstić information content (AvgIpc) is 3.63. The smallest absolute Gasteiger partial charge is 0.243 e. The third-order valence-electron chi connectivity index (χ3n) is 6.52. The standard InChI is InChI=1S/C25H31FN2O3S/c1-18(2)20-5-3-19(4-6-20)17-28(23-9-10-23)25(29)21-13-15-27(16-14-21)32(30,31)24-11-7-22(26)8-12-24/h3-8,11-12,18,21,23H,9-10,13-17H2,1-2H3. The largest absolute Gasteiger partial charge is 0.335 e. The number of piperidine rings is 1. The number of carbonyl (C=O) groups is 1. The Bertz CT molecular complexity index is 1040. The number of nitrogens with zero attached hydrogens (tertiary/aromatic N) is 2. The fraction of sp³-hybridized carbons (Fsp3) is 0.480. The normalized spacial score (nSPS) is 18.1. The molecule has 1 amide bonds. The molecule has 32 heavy (non-hydrogen) atoms. The molecule has 2 aliphatic rings. The molecule has 0 radical (unpaired) electrons. The van der Waals surface area contributed by atoms with Crippen molar-refractivity contribution in [2.75, 3.05) is 13.1 Å². The molecule has 172 valence electrons. The van der Waals surface area contributed by atoms with E-state index in [2.05, 4.69) is 38.1 Å². The van der Waals surface area contributed by atoms with Crippen LogP contribution in [0, 0.1) is 11.7 Å². The number of benzene rings is 2. The molecule has 0 atom stereocenters. The summed E-state index contributed by atoms with van der Waals surface area (Å²) >= 11 is 0. The van der Waals surface area contributed by atoms with Gasteiger partial charge in [0.15, 0.2) is 0 Å². The van der Waals surface area contributed by atoms with Gasteiger partial charge in [-0.15, -0.1) is 0 Å². The Hall–Kier alpha value is -2.25. The molecule has 2 aromatic rings. The van der Waals surface area contributed by atoms with E-state index in [1.807, 2.05) is 4.90 Å². The minimum absolute atomic E-state index is 0.0909. The number of amides is 1. The monoisotopic (exact) mass is 458 g/mol. The van der Waals surface area contributed by atoms with Gasteiger partial charge in [0, 0.05) is 31.6 Å². The summed E-state index contributed by atoms with van der Waals surface area (Å²) in [6, 6.07) is 13.7. The van der Waals surface area contributed by atoms with E-state index in [1.165, 1.54) is 22.0 Å². The van der Waals surface area contributed by atoms with Gasteiger partial charge in [0.2, 0.25) is 15.9 Å². The lowest BCUT2D eigenvalue weighted by Gasteiger charge is -2.34. The van der Waals surface area contributed by atoms with Crippen molar-refractivity contribution in [2.24, 2.45) is 5.92 Å². The van der Waals surface area contributed by atoms with Gasteiger partial charge in [-0.05, 0) is 67.0 Å². The second-order valence-electron chi connectivity index (χ2n) is 9.23. The SMILES string of the molecule is CC(C)c1ccc(CN(C(=O)C2CCN(S(=O)(=O)c3ccc(F)cc3)CC2)C2CC2)cc1. The molecule has 0 spiro atoms. The maximum atomic E-state index is 13.3. The molecule has 0 aromatic heterocycles. The van der Waals surface area contributed by atoms with Crippen LogP contribution in [-0.2, 0) is 21.4 Å². The maximum Gasteiger partial charge on any atom is 0.243 e. The van der Waals surface area contributed by atoms with Crippen molar-refractivity contribution in [1.29, 1.82) is 0 Å². The van der Waals surface area contributed by atoms with Crippen LogP contribution in [0.1, 0.15) is 56.6 Å². The van der Waals surface area contributed by atoms with Crippen LogP contribution < -0.4 is 0 Å². The van der Waals surface area contributed by atoms with Crippen LogP contribution in [0.3, 0.4) is 0 Å². The highest BCUT2D eigenvalue weighted by Crippen LogP contribution is 2.33. The van der Waals surface area contributed by atoms with E-state index in [0.29, 0.717) is 44.4 Å². The summed E-state index contributed by atoms with van der Waals surface area (Å²) < 4.78 is 40.3. The van der Waals surface area contributed by atoms with E-state index in [9.17, 15) is 17.6 Å². The van der Waals surface area contributed by atoms with E-state index in [1.54, 1.807) is 0 Å². The van der Waals surface area contributed by atoms with Crippen LogP contribution in [0.2, 0.25) is 0 Å². The van der Waals surface area contributed by atoms with Crippen LogP contribution in [0.5, 0.6) is 0 Å². The Morgan fingerprint density at radius 2 is 1.59 bits per heavy atom. The molecule has 1 aliphatic carbocycles. The lowest BCUT2D eigenvalue weighted by molar-refractivity contribution is -0.138. The molecule has 7 heteroatoms. The zero-order chi connectivity index (χ0) is 22.9. The van der Waals surface area contributed by atoms with Crippen molar-refractivity contribution in [2.45, 2.75) is 62.9 Å². The Morgan fingerprint density at radius 1 is 1.00 bits per heavy atom. The molecule has 4 rings (SSSR count). The number of rotatable bonds is 7. The van der Waals surface area contributed by atoms with Gasteiger partial charge < -0.3 is 4.90 Å². The molecule has 1 heterocycles. The Labute approximate surface area is 190 Å². The molecular formula is C25H31FN2O3S. The second kappa shape index (κ2) is 9.32. The summed E-state index contributed by atoms with van der Waals surface area (Å²) in [5, 5.41) is 0. The van der Waals surface area contributed by atoms with E-state index < -0.39 is 15.8 Å². The molecule has 1 aliphatic heterocycles. The Balaban J connectivity index is 1.39. The van der Waals surface area contributed by atoms with Crippen LogP contribution >= 0.6 is 0 Å². The van der Waals surface area contributed by atoms with E-state index in [4.69, 9.17) is 0 Å². The molecular weight excluding hydrogens is 427 g/mol. The van der Waals surface area contributed by atoms with E-state index in [-0.39, 0.29) is 16.7 Å². The maximum absolute atomic E-state index is 13.3. The zero-order valence-corrected chi connectivity index (χ0v) is 19.5. The topological polar surface area (TPSA) is 57.7 Å². The summed E-state index contributed by atoms with van der Waals surface area (Å²) in [7, 11) is -3.67. The molecule has 2 fully saturated rings. The van der Waals surface area contributed by atoms with Crippen LogP contribution in [0.25, 0.3) is 0 Å². The quantitative estimate of drug-likeness (QED) is 0.612. The van der Waals surface area contributed by atoms with Gasteiger partial charge in [0.25, 0.3) is 0 Å². The highest BCUT2D eigenvalue weighted by Gasteiger charge is 2.38. The number of sulfonamides is 1. The first-order chi connectivity index (χ1) is 15.3. The minimum Gasteiger partial charge on any atom is -0.335 e. The van der Waals surface area contributed by atoms with Gasteiger partial charge in [-0.1, -0.05) is 38.1 Å². The highest BCUT2D eigenvalue weighted by molar-refractivity contribution is 7.89. The van der Waals surface area contributed by atoms with E-state index in [0.717, 1.165) is 30.5 Å². The first kappa shape index (κ1) is 22.9. The summed E-state index contributed by atoms with van der Waals surface area (Å²) in [5.41, 5.74) is 2.42. The fourth-order valence-corrected chi connectivity index (χ4v) is 5.78. The van der Waals surface area contributed by atoms with Gasteiger partial charge in [-0.2, -0.15) is 4.31 Å². The van der Waals surface area contributed by atoms with Crippen LogP contribution in [0.15, 0.2) is 53.4 Å². The molecule has 0 N–H and O–H groups in total. The second-order valence-corrected chi connectivity index (χ2v) is 11.2. The zero-order valence-electron chi connectivity index (χ0n) is 18.7. The van der Waals surface area contributed by atoms with E-state index >= 15 is 0 Å². The third-order valence-corrected chi connectivity index (χ3v) is 8.44. The van der Waals surface area contributed by atoms with Crippen molar-refractivity contribution < 1.29 is 17.6 Å². The molecule has 0 bridgehead atoms. The molecule has 1 saturated heterocycles. The van der Waals surface area contributed by atoms with Crippen LogP contribution in [0.4, 0.5) is 4.39 Å². The summed E-state index contributed by atoms with van der Waals surface area (Å²) in [6.07, 6.45) is 3.09. The van der Waals surface area contributed by atoms with Gasteiger partial charge >= 0.3 is 0 Å². The predicted octanol–water partition coefficient (Wildman–Crippen LogP) is 4.54. The van der Waals surface area contributed by atoms with Gasteiger partial charge in [-0.3, -0.25) is 4.79 Å². The van der Waals surface area contributed by atoms with Crippen molar-refractivity contribution >= 4 is 15.9 Å². The lowest BCUT2D eigenvalue weighted by Crippen LogP contribution is -2.44. The Kier molecular flexibility index (Phi) is 6.67. The molecule has 2 aromatic carbocycles. The number of halogens is 1. The average molecular weight is 459 g/mol. The third kappa shape index (κ3) is 5.04. The predicted molar refractivity (Wildman–Crippen MR) is 122 cm³/mol. The van der Waals surface area contributed by atoms with Crippen molar-refractivity contribution in [3.63, 3.8) is 0 Å². The van der Waals surface area contributed by atoms with Gasteiger partial charge in [0.05, 0.1) is 4.90 Å². The molecule has 1 saturated carbocycles. The van der Waals surface area contributed by atoms with Gasteiger partial charge in [-0.25, -0.2) is 12.8 Å². The van der Waals surface area contributed by atoms with Gasteiger partial charge in [0.1, 0.15) is 5.82 Å². The number of hydrogen-bond acceptors (Lipinski definition) is 3.